The van der Waals surface area contributed by atoms with Gasteiger partial charge in [-0.2, -0.15) is 0 Å². The van der Waals surface area contributed by atoms with Crippen LogP contribution >= 0.6 is 11.8 Å². The quantitative estimate of drug-likeness (QED) is 0.857. The number of carboxylic acid groups (broad SMARTS) is 1. The molecule has 1 aromatic heterocycles. The first-order valence-electron chi connectivity index (χ1n) is 6.42. The van der Waals surface area contributed by atoms with Crippen LogP contribution in [0.4, 0.5) is 4.39 Å². The Kier molecular flexibility index (Phi) is 4.32. The summed E-state index contributed by atoms with van der Waals surface area (Å²) in [6.07, 6.45) is 0. The lowest BCUT2D eigenvalue weighted by molar-refractivity contribution is -0.133. The average molecular weight is 296 g/mol. The Morgan fingerprint density at radius 1 is 1.45 bits per heavy atom. The molecule has 0 fully saturated rings. The van der Waals surface area contributed by atoms with Crippen LogP contribution in [0.25, 0.3) is 11.0 Å². The van der Waals surface area contributed by atoms with Crippen LogP contribution in [0, 0.1) is 11.7 Å². The van der Waals surface area contributed by atoms with Crippen molar-refractivity contribution in [3.63, 3.8) is 0 Å². The topological polar surface area (TPSA) is 55.1 Å². The molecule has 2 aromatic rings. The molecule has 0 aliphatic heterocycles. The fraction of sp³-hybridized carbons (Fsp3) is 0.429. The summed E-state index contributed by atoms with van der Waals surface area (Å²) in [4.78, 5) is 15.1. The largest absolute Gasteiger partial charge is 0.481 e. The van der Waals surface area contributed by atoms with Crippen molar-refractivity contribution in [3.05, 3.63) is 24.0 Å². The zero-order valence-corrected chi connectivity index (χ0v) is 12.4. The van der Waals surface area contributed by atoms with Gasteiger partial charge in [-0.25, -0.2) is 9.37 Å². The van der Waals surface area contributed by atoms with Gasteiger partial charge in [0.15, 0.2) is 5.16 Å². The Morgan fingerprint density at radius 2 is 2.15 bits per heavy atom. The summed E-state index contributed by atoms with van der Waals surface area (Å²) in [6.45, 7) is 6.23. The maximum absolute atomic E-state index is 13.3. The third-order valence-corrected chi connectivity index (χ3v) is 4.25. The van der Waals surface area contributed by atoms with Crippen molar-refractivity contribution in [1.29, 1.82) is 0 Å². The van der Waals surface area contributed by atoms with Crippen LogP contribution in [-0.4, -0.2) is 26.4 Å². The molecule has 108 valence electrons. The highest BCUT2D eigenvalue weighted by Crippen LogP contribution is 2.31. The van der Waals surface area contributed by atoms with Crippen LogP contribution in [-0.2, 0) is 4.79 Å². The normalized spacial score (nSPS) is 13.1. The van der Waals surface area contributed by atoms with Crippen molar-refractivity contribution in [3.8, 4) is 0 Å². The minimum atomic E-state index is -0.892. The Hall–Kier alpha value is -1.56. The molecule has 4 nitrogen and oxygen atoms in total. The predicted molar refractivity (Wildman–Crippen MR) is 77.6 cm³/mol. The number of benzene rings is 1. The summed E-state index contributed by atoms with van der Waals surface area (Å²) < 4.78 is 15.3. The Balaban J connectivity index is 2.53. The second-order valence-corrected chi connectivity index (χ2v) is 6.01. The second kappa shape index (κ2) is 5.83. The lowest BCUT2D eigenvalue weighted by Crippen LogP contribution is -2.13. The van der Waals surface area contributed by atoms with Crippen molar-refractivity contribution in [1.82, 2.24) is 9.55 Å². The molecule has 20 heavy (non-hydrogen) atoms. The summed E-state index contributed by atoms with van der Waals surface area (Å²) in [5, 5.41) is 9.43. The van der Waals surface area contributed by atoms with Gasteiger partial charge >= 0.3 is 5.97 Å². The van der Waals surface area contributed by atoms with Crippen LogP contribution in [0.3, 0.4) is 0 Å². The van der Waals surface area contributed by atoms with E-state index in [0.29, 0.717) is 16.6 Å². The van der Waals surface area contributed by atoms with E-state index in [-0.39, 0.29) is 17.6 Å². The summed E-state index contributed by atoms with van der Waals surface area (Å²) >= 11 is 1.16. The third kappa shape index (κ3) is 2.95. The van der Waals surface area contributed by atoms with Gasteiger partial charge in [0.2, 0.25) is 0 Å². The molecule has 1 atom stereocenters. The standard InChI is InChI=1S/C14H17FN2O2S/c1-8(2)9(3)17-12-5-4-10(15)6-11(12)16-14(17)20-7-13(18)19/h4-6,8-9H,7H2,1-3H3,(H,18,19). The maximum Gasteiger partial charge on any atom is 0.313 e. The molecule has 0 aliphatic carbocycles. The fourth-order valence-electron chi connectivity index (χ4n) is 1.97. The van der Waals surface area contributed by atoms with Crippen LogP contribution in [0.5, 0.6) is 0 Å². The molecule has 0 radical (unpaired) electrons. The monoisotopic (exact) mass is 296 g/mol. The second-order valence-electron chi connectivity index (χ2n) is 5.06. The molecule has 1 aromatic carbocycles. The zero-order valence-electron chi connectivity index (χ0n) is 11.6. The van der Waals surface area contributed by atoms with Gasteiger partial charge in [-0.3, -0.25) is 4.79 Å². The first-order chi connectivity index (χ1) is 9.40. The van der Waals surface area contributed by atoms with Gasteiger partial charge in [-0.1, -0.05) is 25.6 Å². The zero-order chi connectivity index (χ0) is 14.9. The molecule has 0 spiro atoms. The number of thioether (sulfide) groups is 1. The Bertz CT molecular complexity index is 639. The molecule has 2 rings (SSSR count). The first-order valence-corrected chi connectivity index (χ1v) is 7.40. The lowest BCUT2D eigenvalue weighted by Gasteiger charge is -2.20. The van der Waals surface area contributed by atoms with E-state index in [1.807, 2.05) is 4.57 Å². The number of aliphatic carboxylic acids is 1. The van der Waals surface area contributed by atoms with E-state index < -0.39 is 5.97 Å². The van der Waals surface area contributed by atoms with E-state index in [1.54, 1.807) is 6.07 Å². The van der Waals surface area contributed by atoms with E-state index in [1.165, 1.54) is 12.1 Å². The first kappa shape index (κ1) is 14.8. The fourth-order valence-corrected chi connectivity index (χ4v) is 2.79. The third-order valence-electron chi connectivity index (χ3n) is 3.32. The highest BCUT2D eigenvalue weighted by Gasteiger charge is 2.19. The molecule has 0 bridgehead atoms. The summed E-state index contributed by atoms with van der Waals surface area (Å²) in [7, 11) is 0. The smallest absolute Gasteiger partial charge is 0.313 e. The van der Waals surface area contributed by atoms with Crippen molar-refractivity contribution >= 4 is 28.8 Å². The van der Waals surface area contributed by atoms with Gasteiger partial charge in [0, 0.05) is 12.1 Å². The maximum atomic E-state index is 13.3. The Labute approximate surface area is 121 Å². The van der Waals surface area contributed by atoms with Crippen LogP contribution in [0.1, 0.15) is 26.8 Å². The van der Waals surface area contributed by atoms with Gasteiger partial charge < -0.3 is 9.67 Å². The molecule has 1 N–H and O–H groups in total. The van der Waals surface area contributed by atoms with Crippen molar-refractivity contribution in [2.24, 2.45) is 5.92 Å². The highest BCUT2D eigenvalue weighted by molar-refractivity contribution is 7.99. The number of nitrogens with zero attached hydrogens (tertiary/aromatic N) is 2. The molecule has 0 saturated carbocycles. The summed E-state index contributed by atoms with van der Waals surface area (Å²) in [6, 6.07) is 4.63. The predicted octanol–water partition coefficient (Wildman–Crippen LogP) is 3.57. The molecule has 1 heterocycles. The summed E-state index contributed by atoms with van der Waals surface area (Å²) in [5.74, 6) is -0.927. The SMILES string of the molecule is CC(C)C(C)n1c(SCC(=O)O)nc2cc(F)ccc21. The number of aromatic nitrogens is 2. The van der Waals surface area contributed by atoms with Crippen molar-refractivity contribution in [2.75, 3.05) is 5.75 Å². The number of carbonyl (C=O) groups is 1. The van der Waals surface area contributed by atoms with E-state index in [0.717, 1.165) is 17.3 Å². The molecule has 6 heteroatoms. The number of hydrogen-bond acceptors (Lipinski definition) is 3. The van der Waals surface area contributed by atoms with E-state index in [2.05, 4.69) is 25.8 Å². The van der Waals surface area contributed by atoms with Crippen LogP contribution in [0.15, 0.2) is 23.4 Å². The molecular formula is C14H17FN2O2S. The van der Waals surface area contributed by atoms with E-state index >= 15 is 0 Å². The molecular weight excluding hydrogens is 279 g/mol. The number of imidazole rings is 1. The number of halogens is 1. The van der Waals surface area contributed by atoms with Gasteiger partial charge in [0.25, 0.3) is 0 Å². The van der Waals surface area contributed by atoms with E-state index in [4.69, 9.17) is 5.11 Å². The minimum absolute atomic E-state index is 0.0589. The number of carboxylic acids is 1. The average Bonchev–Trinajstić information content (AvgIpc) is 2.72. The van der Waals surface area contributed by atoms with Crippen LogP contribution in [0.2, 0.25) is 0 Å². The van der Waals surface area contributed by atoms with Gasteiger partial charge in [-0.15, -0.1) is 0 Å². The lowest BCUT2D eigenvalue weighted by atomic mass is 10.1. The van der Waals surface area contributed by atoms with Gasteiger partial charge in [-0.05, 0) is 25.0 Å². The Morgan fingerprint density at radius 3 is 2.75 bits per heavy atom. The minimum Gasteiger partial charge on any atom is -0.481 e. The molecule has 1 unspecified atom stereocenters. The van der Waals surface area contributed by atoms with Gasteiger partial charge in [0.1, 0.15) is 5.82 Å². The number of hydrogen-bond donors (Lipinski definition) is 1. The number of rotatable bonds is 5. The highest BCUT2D eigenvalue weighted by atomic mass is 32.2. The van der Waals surface area contributed by atoms with Crippen LogP contribution < -0.4 is 0 Å². The summed E-state index contributed by atoms with van der Waals surface area (Å²) in [5.41, 5.74) is 1.39. The molecule has 0 saturated heterocycles. The molecule has 0 aliphatic rings. The van der Waals surface area contributed by atoms with Gasteiger partial charge in [0.05, 0.1) is 16.8 Å². The van der Waals surface area contributed by atoms with Crippen molar-refractivity contribution in [2.45, 2.75) is 32.0 Å². The number of fused-ring (bicyclic) bond motifs is 1. The molecule has 0 amide bonds. The van der Waals surface area contributed by atoms with Crippen molar-refractivity contribution < 1.29 is 14.3 Å². The van der Waals surface area contributed by atoms with E-state index in [9.17, 15) is 9.18 Å².